The summed E-state index contributed by atoms with van der Waals surface area (Å²) in [6.07, 6.45) is 2.86. The normalized spacial score (nSPS) is 18.6. The lowest BCUT2D eigenvalue weighted by Crippen LogP contribution is -2.37. The largest absolute Gasteiger partial charge is 0.339 e. The number of hydrogen-bond acceptors (Lipinski definition) is 2. The topological polar surface area (TPSA) is 37.4 Å². The molecular formula is C15H18BrNO2. The molecule has 4 heteroatoms. The van der Waals surface area contributed by atoms with E-state index < -0.39 is 0 Å². The summed E-state index contributed by atoms with van der Waals surface area (Å²) in [5.41, 5.74) is 1.02. The van der Waals surface area contributed by atoms with Crippen molar-refractivity contribution in [2.45, 2.75) is 38.6 Å². The van der Waals surface area contributed by atoms with Gasteiger partial charge in [-0.15, -0.1) is 0 Å². The lowest BCUT2D eigenvalue weighted by Gasteiger charge is -2.24. The summed E-state index contributed by atoms with van der Waals surface area (Å²) < 4.78 is 1.01. The Balaban J connectivity index is 1.98. The molecule has 102 valence electrons. The predicted molar refractivity (Wildman–Crippen MR) is 77.9 cm³/mol. The van der Waals surface area contributed by atoms with Crippen molar-refractivity contribution in [2.24, 2.45) is 0 Å². The summed E-state index contributed by atoms with van der Waals surface area (Å²) in [4.78, 5) is 25.4. The third-order valence-corrected chi connectivity index (χ3v) is 4.02. The van der Waals surface area contributed by atoms with Gasteiger partial charge in [-0.2, -0.15) is 0 Å². The van der Waals surface area contributed by atoms with Gasteiger partial charge in [-0.3, -0.25) is 9.59 Å². The molecule has 1 aromatic rings. The van der Waals surface area contributed by atoms with Crippen LogP contribution >= 0.6 is 15.9 Å². The molecule has 0 spiro atoms. The van der Waals surface area contributed by atoms with Crippen molar-refractivity contribution in [1.29, 1.82) is 0 Å². The van der Waals surface area contributed by atoms with Gasteiger partial charge in [0, 0.05) is 23.5 Å². The minimum absolute atomic E-state index is 0.112. The molecule has 0 aliphatic carbocycles. The lowest BCUT2D eigenvalue weighted by molar-refractivity contribution is -0.132. The molecule has 1 unspecified atom stereocenters. The Bertz CT molecular complexity index is 470. The van der Waals surface area contributed by atoms with Crippen molar-refractivity contribution in [1.82, 2.24) is 4.90 Å². The molecule has 1 fully saturated rings. The molecule has 1 heterocycles. The van der Waals surface area contributed by atoms with Gasteiger partial charge in [0.2, 0.25) is 5.91 Å². The molecule has 1 aliphatic rings. The van der Waals surface area contributed by atoms with Crippen LogP contribution < -0.4 is 0 Å². The van der Waals surface area contributed by atoms with Crippen molar-refractivity contribution in [2.75, 3.05) is 6.54 Å². The second-order valence-electron chi connectivity index (χ2n) is 5.09. The maximum Gasteiger partial charge on any atom is 0.227 e. The zero-order valence-corrected chi connectivity index (χ0v) is 12.6. The molecule has 0 N–H and O–H groups in total. The smallest absolute Gasteiger partial charge is 0.227 e. The number of nitrogens with zero attached hydrogens (tertiary/aromatic N) is 1. The van der Waals surface area contributed by atoms with E-state index in [1.54, 1.807) is 6.92 Å². The number of ketones is 1. The summed E-state index contributed by atoms with van der Waals surface area (Å²) in [6.45, 7) is 2.38. The zero-order chi connectivity index (χ0) is 13.8. The number of amides is 1. The molecule has 0 aromatic heterocycles. The number of benzene rings is 1. The van der Waals surface area contributed by atoms with E-state index in [1.807, 2.05) is 29.2 Å². The number of rotatable bonds is 4. The maximum atomic E-state index is 12.3. The van der Waals surface area contributed by atoms with Gasteiger partial charge in [0.25, 0.3) is 0 Å². The van der Waals surface area contributed by atoms with Gasteiger partial charge in [0.05, 0.1) is 6.42 Å². The SMILES string of the molecule is CC(=O)CC1CCCN1C(=O)Cc1ccc(Br)cc1. The van der Waals surface area contributed by atoms with Gasteiger partial charge in [0.15, 0.2) is 0 Å². The number of Topliss-reactive ketones (excluding diaryl/α,β-unsaturated/α-hetero) is 1. The molecule has 3 nitrogen and oxygen atoms in total. The molecule has 2 rings (SSSR count). The Labute approximate surface area is 122 Å². The summed E-state index contributed by atoms with van der Waals surface area (Å²) in [7, 11) is 0. The Hall–Kier alpha value is -1.16. The van der Waals surface area contributed by atoms with Crippen molar-refractivity contribution in [3.63, 3.8) is 0 Å². The first kappa shape index (κ1) is 14.3. The van der Waals surface area contributed by atoms with Crippen LogP contribution in [0.15, 0.2) is 28.7 Å². The van der Waals surface area contributed by atoms with Gasteiger partial charge in [-0.05, 0) is 37.5 Å². The van der Waals surface area contributed by atoms with Gasteiger partial charge in [0.1, 0.15) is 5.78 Å². The van der Waals surface area contributed by atoms with E-state index in [0.717, 1.165) is 29.4 Å². The second kappa shape index (κ2) is 6.33. The van der Waals surface area contributed by atoms with Crippen LogP contribution in [0.1, 0.15) is 31.7 Å². The van der Waals surface area contributed by atoms with E-state index in [2.05, 4.69) is 15.9 Å². The standard InChI is InChI=1S/C15H18BrNO2/c1-11(18)9-14-3-2-8-17(14)15(19)10-12-4-6-13(16)7-5-12/h4-7,14H,2-3,8-10H2,1H3. The van der Waals surface area contributed by atoms with Crippen molar-refractivity contribution in [3.05, 3.63) is 34.3 Å². The Kier molecular flexibility index (Phi) is 4.75. The van der Waals surface area contributed by atoms with E-state index in [0.29, 0.717) is 12.8 Å². The molecule has 1 aliphatic heterocycles. The first-order chi connectivity index (χ1) is 9.06. The van der Waals surface area contributed by atoms with Crippen LogP contribution in [0, 0.1) is 0 Å². The number of hydrogen-bond donors (Lipinski definition) is 0. The minimum Gasteiger partial charge on any atom is -0.339 e. The highest BCUT2D eigenvalue weighted by Crippen LogP contribution is 2.22. The van der Waals surface area contributed by atoms with Crippen LogP contribution in [0.2, 0.25) is 0 Å². The molecular weight excluding hydrogens is 306 g/mol. The highest BCUT2D eigenvalue weighted by atomic mass is 79.9. The maximum absolute atomic E-state index is 12.3. The van der Waals surface area contributed by atoms with Crippen LogP contribution in [0.5, 0.6) is 0 Å². The van der Waals surface area contributed by atoms with E-state index in [9.17, 15) is 9.59 Å². The van der Waals surface area contributed by atoms with Crippen LogP contribution in [0.4, 0.5) is 0 Å². The molecule has 19 heavy (non-hydrogen) atoms. The monoisotopic (exact) mass is 323 g/mol. The molecule has 1 saturated heterocycles. The summed E-state index contributed by atoms with van der Waals surface area (Å²) >= 11 is 3.38. The predicted octanol–water partition coefficient (Wildman–Crippen LogP) is 2.96. The van der Waals surface area contributed by atoms with Crippen LogP contribution in [-0.2, 0) is 16.0 Å². The van der Waals surface area contributed by atoms with Crippen LogP contribution in [-0.4, -0.2) is 29.2 Å². The fraction of sp³-hybridized carbons (Fsp3) is 0.467. The number of halogens is 1. The van der Waals surface area contributed by atoms with Crippen molar-refractivity contribution >= 4 is 27.6 Å². The minimum atomic E-state index is 0.112. The van der Waals surface area contributed by atoms with Crippen LogP contribution in [0.3, 0.4) is 0 Å². The lowest BCUT2D eigenvalue weighted by atomic mass is 10.1. The van der Waals surface area contributed by atoms with Gasteiger partial charge in [-0.25, -0.2) is 0 Å². The second-order valence-corrected chi connectivity index (χ2v) is 6.01. The first-order valence-corrected chi connectivity index (χ1v) is 7.39. The average Bonchev–Trinajstić information content (AvgIpc) is 2.79. The van der Waals surface area contributed by atoms with Crippen LogP contribution in [0.25, 0.3) is 0 Å². The molecule has 0 saturated carbocycles. The highest BCUT2D eigenvalue weighted by molar-refractivity contribution is 9.10. The summed E-state index contributed by atoms with van der Waals surface area (Å²) in [5, 5.41) is 0. The fourth-order valence-corrected chi connectivity index (χ4v) is 2.85. The molecule has 0 bridgehead atoms. The van der Waals surface area contributed by atoms with E-state index in [1.165, 1.54) is 0 Å². The number of likely N-dealkylation sites (tertiary alicyclic amines) is 1. The first-order valence-electron chi connectivity index (χ1n) is 6.59. The van der Waals surface area contributed by atoms with E-state index in [-0.39, 0.29) is 17.7 Å². The highest BCUT2D eigenvalue weighted by Gasteiger charge is 2.29. The third-order valence-electron chi connectivity index (χ3n) is 3.49. The van der Waals surface area contributed by atoms with Gasteiger partial charge in [-0.1, -0.05) is 28.1 Å². The summed E-state index contributed by atoms with van der Waals surface area (Å²) in [6, 6.07) is 7.91. The zero-order valence-electron chi connectivity index (χ0n) is 11.1. The molecule has 0 radical (unpaired) electrons. The summed E-state index contributed by atoms with van der Waals surface area (Å²) in [5.74, 6) is 0.291. The van der Waals surface area contributed by atoms with E-state index in [4.69, 9.17) is 0 Å². The average molecular weight is 324 g/mol. The van der Waals surface area contributed by atoms with Crippen molar-refractivity contribution in [3.8, 4) is 0 Å². The fourth-order valence-electron chi connectivity index (χ4n) is 2.59. The molecule has 1 amide bonds. The number of carbonyl (C=O) groups excluding carboxylic acids is 2. The van der Waals surface area contributed by atoms with Gasteiger partial charge < -0.3 is 4.90 Å². The third kappa shape index (κ3) is 3.90. The number of carbonyl (C=O) groups is 2. The Morgan fingerprint density at radius 1 is 1.32 bits per heavy atom. The molecule has 1 aromatic carbocycles. The quantitative estimate of drug-likeness (QED) is 0.854. The Morgan fingerprint density at radius 2 is 2.00 bits per heavy atom. The van der Waals surface area contributed by atoms with Crippen molar-refractivity contribution < 1.29 is 9.59 Å². The van der Waals surface area contributed by atoms with E-state index >= 15 is 0 Å². The van der Waals surface area contributed by atoms with Gasteiger partial charge >= 0.3 is 0 Å². The molecule has 1 atom stereocenters. The Morgan fingerprint density at radius 3 is 2.63 bits per heavy atom.